The van der Waals surface area contributed by atoms with Crippen LogP contribution in [0.3, 0.4) is 0 Å². The Morgan fingerprint density at radius 3 is 2.47 bits per heavy atom. The Kier molecular flexibility index (Phi) is 4.45. The van der Waals surface area contributed by atoms with Crippen LogP contribution in [-0.4, -0.2) is 6.04 Å². The molecule has 0 radical (unpaired) electrons. The monoisotopic (exact) mass is 279 g/mol. The molecule has 2 rings (SSSR count). The van der Waals surface area contributed by atoms with Crippen molar-refractivity contribution in [2.24, 2.45) is 11.3 Å². The minimum Gasteiger partial charge on any atom is -0.382 e. The first-order chi connectivity index (χ1) is 8.88. The fourth-order valence-corrected chi connectivity index (χ4v) is 3.42. The van der Waals surface area contributed by atoms with Crippen LogP contribution < -0.4 is 5.32 Å². The molecule has 1 nitrogen and oxygen atoms in total. The molecule has 0 spiro atoms. The van der Waals surface area contributed by atoms with E-state index in [0.29, 0.717) is 11.5 Å². The lowest BCUT2D eigenvalue weighted by atomic mass is 9.69. The molecule has 0 aromatic heterocycles. The Hall–Kier alpha value is -0.690. The maximum atomic E-state index is 6.22. The van der Waals surface area contributed by atoms with E-state index in [2.05, 4.69) is 44.3 Å². The molecule has 1 aromatic carbocycles. The van der Waals surface area contributed by atoms with Crippen LogP contribution in [0.1, 0.15) is 52.0 Å². The smallest absolute Gasteiger partial charge is 0.0455 e. The molecule has 2 heteroatoms. The molecular formula is C17H26ClN. The first-order valence-corrected chi connectivity index (χ1v) is 7.78. The number of halogens is 1. The number of rotatable bonds is 2. The van der Waals surface area contributed by atoms with Crippen molar-refractivity contribution in [2.75, 3.05) is 5.32 Å². The third-order valence-electron chi connectivity index (χ3n) is 4.40. The Balaban J connectivity index is 2.13. The molecule has 0 heterocycles. The lowest BCUT2D eigenvalue weighted by Crippen LogP contribution is -2.39. The number of aryl methyl sites for hydroxylation is 1. The van der Waals surface area contributed by atoms with E-state index in [-0.39, 0.29) is 0 Å². The molecule has 1 aromatic rings. The average Bonchev–Trinajstić information content (AvgIpc) is 2.33. The average molecular weight is 280 g/mol. The fraction of sp³-hybridized carbons (Fsp3) is 0.647. The van der Waals surface area contributed by atoms with Gasteiger partial charge in [0, 0.05) is 16.8 Å². The zero-order valence-corrected chi connectivity index (χ0v) is 13.3. The van der Waals surface area contributed by atoms with Crippen molar-refractivity contribution < 1.29 is 0 Å². The Morgan fingerprint density at radius 1 is 1.16 bits per heavy atom. The van der Waals surface area contributed by atoms with Crippen LogP contribution in [0.25, 0.3) is 0 Å². The summed E-state index contributed by atoms with van der Waals surface area (Å²) >= 11 is 6.22. The summed E-state index contributed by atoms with van der Waals surface area (Å²) in [6.45, 7) is 9.13. The van der Waals surface area contributed by atoms with Gasteiger partial charge in [-0.1, -0.05) is 51.3 Å². The number of hydrogen-bond acceptors (Lipinski definition) is 1. The summed E-state index contributed by atoms with van der Waals surface area (Å²) in [5.41, 5.74) is 2.67. The standard InChI is InChI=1S/C17H26ClN/c1-12-9-10-13(11-15(12)18)19-16-8-6-5-7-14(16)17(2,3)4/h9-11,14,16,19H,5-8H2,1-4H3. The van der Waals surface area contributed by atoms with Crippen LogP contribution in [0.5, 0.6) is 0 Å². The van der Waals surface area contributed by atoms with Gasteiger partial charge < -0.3 is 5.32 Å². The highest BCUT2D eigenvalue weighted by atomic mass is 35.5. The maximum Gasteiger partial charge on any atom is 0.0455 e. The Morgan fingerprint density at radius 2 is 1.84 bits per heavy atom. The van der Waals surface area contributed by atoms with Crippen molar-refractivity contribution >= 4 is 17.3 Å². The second-order valence-corrected chi connectivity index (χ2v) is 7.38. The SMILES string of the molecule is Cc1ccc(NC2CCCCC2C(C)(C)C)cc1Cl. The predicted molar refractivity (Wildman–Crippen MR) is 85.0 cm³/mol. The zero-order chi connectivity index (χ0) is 14.0. The lowest BCUT2D eigenvalue weighted by Gasteiger charge is -2.41. The van der Waals surface area contributed by atoms with E-state index in [1.54, 1.807) is 0 Å². The first-order valence-electron chi connectivity index (χ1n) is 7.40. The molecule has 2 atom stereocenters. The van der Waals surface area contributed by atoms with Crippen molar-refractivity contribution in [3.63, 3.8) is 0 Å². The van der Waals surface area contributed by atoms with Crippen LogP contribution in [0.4, 0.5) is 5.69 Å². The Bertz CT molecular complexity index is 433. The van der Waals surface area contributed by atoms with Gasteiger partial charge in [0.05, 0.1) is 0 Å². The first kappa shape index (κ1) is 14.7. The van der Waals surface area contributed by atoms with Gasteiger partial charge in [-0.3, -0.25) is 0 Å². The minimum absolute atomic E-state index is 0.368. The van der Waals surface area contributed by atoms with E-state index in [0.717, 1.165) is 22.2 Å². The summed E-state index contributed by atoms with van der Waals surface area (Å²) in [5.74, 6) is 0.737. The highest BCUT2D eigenvalue weighted by Gasteiger charge is 2.33. The molecule has 1 saturated carbocycles. The van der Waals surface area contributed by atoms with E-state index in [9.17, 15) is 0 Å². The molecule has 2 unspecified atom stereocenters. The van der Waals surface area contributed by atoms with Gasteiger partial charge in [-0.05, 0) is 48.8 Å². The van der Waals surface area contributed by atoms with Crippen molar-refractivity contribution in [1.82, 2.24) is 0 Å². The predicted octanol–water partition coefficient (Wildman–Crippen LogP) is 5.67. The van der Waals surface area contributed by atoms with Gasteiger partial charge in [0.1, 0.15) is 0 Å². The molecule has 1 fully saturated rings. The zero-order valence-electron chi connectivity index (χ0n) is 12.6. The van der Waals surface area contributed by atoms with Gasteiger partial charge in [0.2, 0.25) is 0 Å². The number of nitrogens with one attached hydrogen (secondary N) is 1. The molecule has 1 N–H and O–H groups in total. The summed E-state index contributed by atoms with van der Waals surface area (Å²) in [6, 6.07) is 6.88. The number of hydrogen-bond donors (Lipinski definition) is 1. The molecule has 106 valence electrons. The van der Waals surface area contributed by atoms with Crippen molar-refractivity contribution in [1.29, 1.82) is 0 Å². The van der Waals surface area contributed by atoms with E-state index in [1.165, 1.54) is 25.7 Å². The van der Waals surface area contributed by atoms with Gasteiger partial charge in [0.15, 0.2) is 0 Å². The summed E-state index contributed by atoms with van der Waals surface area (Å²) in [5, 5.41) is 4.58. The lowest BCUT2D eigenvalue weighted by molar-refractivity contribution is 0.163. The second-order valence-electron chi connectivity index (χ2n) is 6.97. The highest BCUT2D eigenvalue weighted by molar-refractivity contribution is 6.31. The summed E-state index contributed by atoms with van der Waals surface area (Å²) in [6.07, 6.45) is 5.31. The van der Waals surface area contributed by atoms with Crippen LogP contribution >= 0.6 is 11.6 Å². The molecule has 1 aliphatic carbocycles. The van der Waals surface area contributed by atoms with Crippen LogP contribution in [0.2, 0.25) is 5.02 Å². The van der Waals surface area contributed by atoms with E-state index >= 15 is 0 Å². The molecule has 0 saturated heterocycles. The topological polar surface area (TPSA) is 12.0 Å². The summed E-state index contributed by atoms with van der Waals surface area (Å²) in [7, 11) is 0. The summed E-state index contributed by atoms with van der Waals surface area (Å²) in [4.78, 5) is 0. The largest absolute Gasteiger partial charge is 0.382 e. The van der Waals surface area contributed by atoms with Crippen molar-refractivity contribution in [3.8, 4) is 0 Å². The van der Waals surface area contributed by atoms with Gasteiger partial charge in [-0.2, -0.15) is 0 Å². The van der Waals surface area contributed by atoms with Crippen molar-refractivity contribution in [2.45, 2.75) is 59.4 Å². The Labute approximate surface area is 122 Å². The highest BCUT2D eigenvalue weighted by Crippen LogP contribution is 2.39. The third-order valence-corrected chi connectivity index (χ3v) is 4.81. The molecule has 19 heavy (non-hydrogen) atoms. The second kappa shape index (κ2) is 5.75. The third kappa shape index (κ3) is 3.66. The number of anilines is 1. The van der Waals surface area contributed by atoms with E-state index in [4.69, 9.17) is 11.6 Å². The van der Waals surface area contributed by atoms with Gasteiger partial charge in [-0.25, -0.2) is 0 Å². The number of benzene rings is 1. The summed E-state index contributed by atoms with van der Waals surface area (Å²) < 4.78 is 0. The van der Waals surface area contributed by atoms with Crippen LogP contribution in [0.15, 0.2) is 18.2 Å². The van der Waals surface area contributed by atoms with Gasteiger partial charge in [0.25, 0.3) is 0 Å². The van der Waals surface area contributed by atoms with Crippen LogP contribution in [0, 0.1) is 18.3 Å². The van der Waals surface area contributed by atoms with Gasteiger partial charge >= 0.3 is 0 Å². The molecule has 0 aliphatic heterocycles. The quantitative estimate of drug-likeness (QED) is 0.736. The van der Waals surface area contributed by atoms with E-state index < -0.39 is 0 Å². The van der Waals surface area contributed by atoms with Gasteiger partial charge in [-0.15, -0.1) is 0 Å². The minimum atomic E-state index is 0.368. The molecule has 0 amide bonds. The van der Waals surface area contributed by atoms with Crippen LogP contribution in [-0.2, 0) is 0 Å². The van der Waals surface area contributed by atoms with Crippen molar-refractivity contribution in [3.05, 3.63) is 28.8 Å². The fourth-order valence-electron chi connectivity index (χ4n) is 3.24. The molecule has 1 aliphatic rings. The molecule has 0 bridgehead atoms. The normalized spacial score (nSPS) is 24.3. The maximum absolute atomic E-state index is 6.22. The molecular weight excluding hydrogens is 254 g/mol. The van der Waals surface area contributed by atoms with E-state index in [1.807, 2.05) is 6.92 Å².